The van der Waals surface area contributed by atoms with Gasteiger partial charge in [0.1, 0.15) is 0 Å². The van der Waals surface area contributed by atoms with Gasteiger partial charge in [-0.05, 0) is 12.1 Å². The van der Waals surface area contributed by atoms with Crippen LogP contribution in [0.3, 0.4) is 0 Å². The molecular formula is C52H32N3PSe. The van der Waals surface area contributed by atoms with Crippen molar-refractivity contribution in [3.05, 3.63) is 194 Å². The molecule has 0 aliphatic carbocycles. The van der Waals surface area contributed by atoms with Gasteiger partial charge in [0.2, 0.25) is 0 Å². The minimum atomic E-state index is -2.31. The second-order valence-corrected chi connectivity index (χ2v) is 21.1. The molecule has 0 fully saturated rings. The van der Waals surface area contributed by atoms with Crippen LogP contribution in [0.4, 0.5) is 0 Å². The first-order valence-electron chi connectivity index (χ1n) is 19.3. The topological polar surface area (TPSA) is 30.2 Å². The quantitative estimate of drug-likeness (QED) is 0.101. The third kappa shape index (κ3) is 4.89. The van der Waals surface area contributed by atoms with Crippen LogP contribution in [0.25, 0.3) is 92.7 Å². The molecule has 3 aromatic heterocycles. The van der Waals surface area contributed by atoms with Gasteiger partial charge in [0.15, 0.2) is 0 Å². The first kappa shape index (κ1) is 32.8. The number of nitrogens with zero attached hydrogens (tertiary/aromatic N) is 3. The van der Waals surface area contributed by atoms with E-state index in [0.29, 0.717) is 0 Å². The summed E-state index contributed by atoms with van der Waals surface area (Å²) in [6, 6.07) is 68.6. The van der Waals surface area contributed by atoms with Crippen LogP contribution in [-0.4, -0.2) is 29.5 Å². The Hall–Kier alpha value is -6.41. The SMILES string of the molecule is [Se]=P(c1ccc(-c2ccc3c(ccc4c5ccccc5c5nc6ccccc6n5c34)c2)nc1)(c1ccc2ccccc2c1)c1cc2ccccc2c2ccccc12. The van der Waals surface area contributed by atoms with E-state index in [1.54, 1.807) is 0 Å². The van der Waals surface area contributed by atoms with Crippen LogP contribution >= 0.6 is 5.51 Å². The van der Waals surface area contributed by atoms with E-state index in [0.717, 1.165) is 33.3 Å². The summed E-state index contributed by atoms with van der Waals surface area (Å²) >= 11 is 3.86. The number of para-hydroxylation sites is 2. The molecule has 266 valence electrons. The first-order chi connectivity index (χ1) is 28.1. The Balaban J connectivity index is 1.05. The molecule has 0 amide bonds. The number of hydrogen-bond acceptors (Lipinski definition) is 2. The average molecular weight is 809 g/mol. The zero-order chi connectivity index (χ0) is 37.7. The number of hydrogen-bond donors (Lipinski definition) is 0. The molecule has 12 aromatic rings. The number of benzene rings is 9. The molecule has 12 rings (SSSR count). The van der Waals surface area contributed by atoms with Crippen LogP contribution in [0, 0.1) is 0 Å². The molecule has 0 saturated carbocycles. The Morgan fingerprint density at radius 3 is 1.89 bits per heavy atom. The normalized spacial score (nSPS) is 13.1. The standard InChI is InChI=1S/C52H32N3PSe/c57-56(38-24-21-33-11-1-2-12-34(33)30-38,50-31-35-13-3-4-14-40(35)42-15-5-7-17-44(42)50)39-25-28-47(53-32-39)37-23-26-41-36(29-37)22-27-45-43-16-6-8-18-46(43)52-54-48-19-9-10-20-49(48)55(52)51(41)45/h1-32H. The summed E-state index contributed by atoms with van der Waals surface area (Å²) in [5, 5.41) is 17.3. The molecule has 9 aromatic carbocycles. The summed E-state index contributed by atoms with van der Waals surface area (Å²) in [6.45, 7) is 0. The minimum absolute atomic E-state index is 0.950. The molecule has 1 atom stereocenters. The molecule has 0 aliphatic rings. The van der Waals surface area contributed by atoms with Gasteiger partial charge in [-0.2, -0.15) is 0 Å². The van der Waals surface area contributed by atoms with Gasteiger partial charge in [-0.25, -0.2) is 4.98 Å². The predicted octanol–water partition coefficient (Wildman–Crippen LogP) is 11.8. The van der Waals surface area contributed by atoms with E-state index in [9.17, 15) is 0 Å². The van der Waals surface area contributed by atoms with E-state index in [2.05, 4.69) is 214 Å². The molecule has 0 saturated heterocycles. The van der Waals surface area contributed by atoms with Gasteiger partial charge in [-0.1, -0.05) is 36.4 Å². The summed E-state index contributed by atoms with van der Waals surface area (Å²) in [6.07, 6.45) is 2.12. The predicted molar refractivity (Wildman–Crippen MR) is 245 cm³/mol. The summed E-state index contributed by atoms with van der Waals surface area (Å²) < 4.78 is 2.35. The Morgan fingerprint density at radius 2 is 1.07 bits per heavy atom. The Kier molecular flexibility index (Phi) is 7.22. The van der Waals surface area contributed by atoms with Crippen molar-refractivity contribution in [3.8, 4) is 11.3 Å². The molecule has 0 spiro atoms. The summed E-state index contributed by atoms with van der Waals surface area (Å²) in [4.78, 5) is 10.4. The molecule has 5 heteroatoms. The van der Waals surface area contributed by atoms with Crippen molar-refractivity contribution in [2.75, 3.05) is 0 Å². The second kappa shape index (κ2) is 12.5. The fourth-order valence-corrected chi connectivity index (χ4v) is 14.3. The van der Waals surface area contributed by atoms with Crippen LogP contribution in [0.2, 0.25) is 0 Å². The average Bonchev–Trinajstić information content (AvgIpc) is 3.68. The van der Waals surface area contributed by atoms with Crippen molar-refractivity contribution in [3.63, 3.8) is 0 Å². The zero-order valence-corrected chi connectivity index (χ0v) is 33.3. The van der Waals surface area contributed by atoms with Crippen LogP contribution in [0.15, 0.2) is 194 Å². The molecule has 3 heterocycles. The van der Waals surface area contributed by atoms with Crippen LogP contribution in [0.5, 0.6) is 0 Å². The molecule has 1 unspecified atom stereocenters. The Labute approximate surface area is 336 Å². The maximum atomic E-state index is 5.26. The van der Waals surface area contributed by atoms with Crippen molar-refractivity contribution >= 4 is 118 Å². The van der Waals surface area contributed by atoms with Crippen molar-refractivity contribution in [2.24, 2.45) is 0 Å². The summed E-state index contributed by atoms with van der Waals surface area (Å²) in [5.74, 6) is 0. The van der Waals surface area contributed by atoms with E-state index in [4.69, 9.17) is 9.97 Å². The zero-order valence-electron chi connectivity index (χ0n) is 30.7. The summed E-state index contributed by atoms with van der Waals surface area (Å²) in [7, 11) is 0. The number of aromatic nitrogens is 3. The van der Waals surface area contributed by atoms with Crippen molar-refractivity contribution in [2.45, 2.75) is 0 Å². The van der Waals surface area contributed by atoms with Gasteiger partial charge >= 0.3 is 273 Å². The van der Waals surface area contributed by atoms with E-state index in [1.807, 2.05) is 0 Å². The van der Waals surface area contributed by atoms with Crippen LogP contribution in [-0.2, 0) is 0 Å². The van der Waals surface area contributed by atoms with Crippen molar-refractivity contribution in [1.29, 1.82) is 0 Å². The van der Waals surface area contributed by atoms with E-state index < -0.39 is 5.51 Å². The number of fused-ring (bicyclic) bond motifs is 14. The Bertz CT molecular complexity index is 3680. The third-order valence-corrected chi connectivity index (χ3v) is 18.8. The Morgan fingerprint density at radius 1 is 0.439 bits per heavy atom. The van der Waals surface area contributed by atoms with E-state index >= 15 is 0 Å². The molecular weight excluding hydrogens is 777 g/mol. The van der Waals surface area contributed by atoms with Gasteiger partial charge in [0, 0.05) is 5.39 Å². The number of pyridine rings is 2. The van der Waals surface area contributed by atoms with Crippen molar-refractivity contribution in [1.82, 2.24) is 14.4 Å². The number of rotatable bonds is 4. The molecule has 0 N–H and O–H groups in total. The van der Waals surface area contributed by atoms with Crippen LogP contribution < -0.4 is 15.9 Å². The third-order valence-electron chi connectivity index (χ3n) is 11.8. The summed E-state index contributed by atoms with van der Waals surface area (Å²) in [5.41, 5.74) is 4.01. The molecule has 57 heavy (non-hydrogen) atoms. The van der Waals surface area contributed by atoms with Gasteiger partial charge in [0.05, 0.1) is 5.52 Å². The first-order valence-corrected chi connectivity index (χ1v) is 23.3. The van der Waals surface area contributed by atoms with Gasteiger partial charge in [-0.15, -0.1) is 0 Å². The van der Waals surface area contributed by atoms with Gasteiger partial charge < -0.3 is 0 Å². The van der Waals surface area contributed by atoms with Crippen molar-refractivity contribution < 1.29 is 0 Å². The fraction of sp³-hybridized carbons (Fsp3) is 0. The van der Waals surface area contributed by atoms with Crippen LogP contribution in [0.1, 0.15) is 0 Å². The molecule has 0 aliphatic heterocycles. The molecule has 0 radical (unpaired) electrons. The molecule has 0 bridgehead atoms. The maximum absolute atomic E-state index is 5.26. The van der Waals surface area contributed by atoms with Gasteiger partial charge in [-0.3, -0.25) is 0 Å². The van der Waals surface area contributed by atoms with E-state index in [-0.39, 0.29) is 0 Å². The van der Waals surface area contributed by atoms with E-state index in [1.165, 1.54) is 75.3 Å². The van der Waals surface area contributed by atoms with Gasteiger partial charge in [0.25, 0.3) is 0 Å². The monoisotopic (exact) mass is 809 g/mol. The molecule has 3 nitrogen and oxygen atoms in total. The number of imidazole rings is 1. The fourth-order valence-electron chi connectivity index (χ4n) is 9.11. The second-order valence-electron chi connectivity index (χ2n) is 14.9.